The summed E-state index contributed by atoms with van der Waals surface area (Å²) >= 11 is 5.74. The summed E-state index contributed by atoms with van der Waals surface area (Å²) in [6, 6.07) is 5.11. The number of benzene rings is 1. The van der Waals surface area contributed by atoms with Gasteiger partial charge in [-0.3, -0.25) is 14.5 Å². The van der Waals surface area contributed by atoms with Crippen molar-refractivity contribution in [1.29, 1.82) is 0 Å². The first-order valence-corrected chi connectivity index (χ1v) is 9.38. The van der Waals surface area contributed by atoms with Crippen LogP contribution in [0.5, 0.6) is 0 Å². The van der Waals surface area contributed by atoms with Crippen LogP contribution < -0.4 is 15.5 Å². The Kier molecular flexibility index (Phi) is 6.57. The number of piperidine rings is 1. The van der Waals surface area contributed by atoms with Crippen molar-refractivity contribution in [3.05, 3.63) is 47.4 Å². The fourth-order valence-corrected chi connectivity index (χ4v) is 3.20. The molecule has 11 heteroatoms. The van der Waals surface area contributed by atoms with Crippen LogP contribution >= 0.6 is 11.6 Å². The Labute approximate surface area is 174 Å². The molecule has 1 aromatic carbocycles. The molecule has 6 nitrogen and oxygen atoms in total. The number of nitrogens with one attached hydrogen (secondary N) is 2. The van der Waals surface area contributed by atoms with Crippen LogP contribution in [0.4, 0.5) is 34.8 Å². The Morgan fingerprint density at radius 2 is 1.87 bits per heavy atom. The zero-order valence-corrected chi connectivity index (χ0v) is 16.2. The van der Waals surface area contributed by atoms with E-state index in [2.05, 4.69) is 15.6 Å². The molecule has 0 spiro atoms. The van der Waals surface area contributed by atoms with Gasteiger partial charge in [-0.25, -0.2) is 9.37 Å². The molecule has 2 aromatic rings. The molecule has 0 bridgehead atoms. The van der Waals surface area contributed by atoms with Crippen LogP contribution in [0, 0.1) is 11.7 Å². The quantitative estimate of drug-likeness (QED) is 0.698. The first kappa shape index (κ1) is 22.0. The summed E-state index contributed by atoms with van der Waals surface area (Å²) in [5.74, 6) is -4.27. The maximum absolute atomic E-state index is 13.9. The predicted molar refractivity (Wildman–Crippen MR) is 103 cm³/mol. The van der Waals surface area contributed by atoms with Crippen LogP contribution in [0.25, 0.3) is 0 Å². The topological polar surface area (TPSA) is 74.3 Å². The maximum Gasteiger partial charge on any atom is 0.472 e. The van der Waals surface area contributed by atoms with E-state index >= 15 is 0 Å². The van der Waals surface area contributed by atoms with Gasteiger partial charge in [0.05, 0.1) is 16.4 Å². The normalized spacial score (nSPS) is 15.0. The second-order valence-corrected chi connectivity index (χ2v) is 7.08. The van der Waals surface area contributed by atoms with Crippen molar-refractivity contribution >= 4 is 40.6 Å². The highest BCUT2D eigenvalue weighted by Crippen LogP contribution is 2.36. The monoisotopic (exact) mass is 444 g/mol. The van der Waals surface area contributed by atoms with Gasteiger partial charge in [0, 0.05) is 12.1 Å². The number of halogens is 5. The molecule has 0 atom stereocenters. The van der Waals surface area contributed by atoms with E-state index in [1.54, 1.807) is 0 Å². The lowest BCUT2D eigenvalue weighted by Gasteiger charge is -2.27. The Balaban J connectivity index is 2.03. The number of nitrogens with zero attached hydrogens (tertiary/aromatic N) is 2. The van der Waals surface area contributed by atoms with Crippen molar-refractivity contribution in [2.45, 2.75) is 19.0 Å². The molecule has 1 aromatic heterocycles. The van der Waals surface area contributed by atoms with Gasteiger partial charge >= 0.3 is 12.1 Å². The van der Waals surface area contributed by atoms with Gasteiger partial charge in [-0.05, 0) is 56.3 Å². The Hall–Kier alpha value is -2.72. The summed E-state index contributed by atoms with van der Waals surface area (Å²) in [6.45, 7) is 1.23. The zero-order valence-electron chi connectivity index (χ0n) is 15.5. The van der Waals surface area contributed by atoms with Crippen LogP contribution in [-0.2, 0) is 9.59 Å². The molecule has 2 heterocycles. The maximum atomic E-state index is 13.9. The van der Waals surface area contributed by atoms with E-state index in [4.69, 9.17) is 11.6 Å². The molecule has 1 fully saturated rings. The van der Waals surface area contributed by atoms with Gasteiger partial charge in [-0.15, -0.1) is 0 Å². The number of amides is 2. The van der Waals surface area contributed by atoms with Crippen molar-refractivity contribution in [2.24, 2.45) is 5.92 Å². The van der Waals surface area contributed by atoms with Crippen molar-refractivity contribution in [1.82, 2.24) is 10.3 Å². The van der Waals surface area contributed by atoms with Crippen molar-refractivity contribution in [3.8, 4) is 0 Å². The summed E-state index contributed by atoms with van der Waals surface area (Å²) in [7, 11) is 0. The summed E-state index contributed by atoms with van der Waals surface area (Å²) < 4.78 is 53.8. The van der Waals surface area contributed by atoms with Crippen LogP contribution in [0.3, 0.4) is 0 Å². The van der Waals surface area contributed by atoms with E-state index in [9.17, 15) is 27.2 Å². The SMILES string of the molecule is O=C(Nc1cc(F)ccc1N(C(=O)C(F)(F)F)c1ccc(Cl)cn1)C1CCNCC1. The summed E-state index contributed by atoms with van der Waals surface area (Å²) in [5, 5.41) is 5.71. The molecule has 3 rings (SSSR count). The first-order chi connectivity index (χ1) is 14.2. The number of alkyl halides is 3. The van der Waals surface area contributed by atoms with Gasteiger partial charge in [-0.1, -0.05) is 11.6 Å². The lowest BCUT2D eigenvalue weighted by molar-refractivity contribution is -0.169. The average molecular weight is 445 g/mol. The van der Waals surface area contributed by atoms with Crippen molar-refractivity contribution in [3.63, 3.8) is 0 Å². The number of hydrogen-bond acceptors (Lipinski definition) is 4. The molecule has 0 aliphatic carbocycles. The number of aromatic nitrogens is 1. The average Bonchev–Trinajstić information content (AvgIpc) is 2.71. The Bertz CT molecular complexity index is 931. The Morgan fingerprint density at radius 3 is 2.47 bits per heavy atom. The van der Waals surface area contributed by atoms with E-state index in [-0.39, 0.29) is 33.0 Å². The molecule has 2 N–H and O–H groups in total. The lowest BCUT2D eigenvalue weighted by Crippen LogP contribution is -2.39. The molecule has 0 unspecified atom stereocenters. The van der Waals surface area contributed by atoms with Gasteiger partial charge in [0.1, 0.15) is 11.6 Å². The third-order valence-corrected chi connectivity index (χ3v) is 4.78. The minimum absolute atomic E-state index is 0.150. The standard InChI is InChI=1S/C19H17ClF4N4O2/c20-12-1-4-16(26-10-12)28(18(30)19(22,23)24)15-3-2-13(21)9-14(15)27-17(29)11-5-7-25-8-6-11/h1-4,9-11,25H,5-8H2,(H,27,29). The van der Waals surface area contributed by atoms with E-state index in [1.807, 2.05) is 0 Å². The number of anilines is 3. The fraction of sp³-hybridized carbons (Fsp3) is 0.316. The van der Waals surface area contributed by atoms with Gasteiger partial charge in [0.15, 0.2) is 0 Å². The zero-order chi connectivity index (χ0) is 21.9. The molecular formula is C19H17ClF4N4O2. The van der Waals surface area contributed by atoms with Crippen molar-refractivity contribution < 1.29 is 27.2 Å². The second kappa shape index (κ2) is 8.97. The van der Waals surface area contributed by atoms with Gasteiger partial charge in [-0.2, -0.15) is 13.2 Å². The van der Waals surface area contributed by atoms with E-state index in [0.717, 1.165) is 30.5 Å². The molecule has 1 aliphatic heterocycles. The first-order valence-electron chi connectivity index (χ1n) is 9.01. The minimum Gasteiger partial charge on any atom is -0.324 e. The summed E-state index contributed by atoms with van der Waals surface area (Å²) in [6.07, 6.45) is -3.11. The van der Waals surface area contributed by atoms with E-state index in [1.165, 1.54) is 6.07 Å². The fourth-order valence-electron chi connectivity index (χ4n) is 3.09. The Morgan fingerprint density at radius 1 is 1.17 bits per heavy atom. The molecule has 160 valence electrons. The lowest BCUT2D eigenvalue weighted by atomic mass is 9.97. The van der Waals surface area contributed by atoms with Crippen LogP contribution in [0.2, 0.25) is 5.02 Å². The largest absolute Gasteiger partial charge is 0.472 e. The third-order valence-electron chi connectivity index (χ3n) is 4.55. The highest BCUT2D eigenvalue weighted by atomic mass is 35.5. The van der Waals surface area contributed by atoms with Gasteiger partial charge in [0.2, 0.25) is 5.91 Å². The predicted octanol–water partition coefficient (Wildman–Crippen LogP) is 4.04. The van der Waals surface area contributed by atoms with Gasteiger partial charge < -0.3 is 10.6 Å². The van der Waals surface area contributed by atoms with E-state index in [0.29, 0.717) is 25.9 Å². The number of hydrogen-bond donors (Lipinski definition) is 2. The number of carbonyl (C=O) groups is 2. The highest BCUT2D eigenvalue weighted by molar-refractivity contribution is 6.30. The molecule has 1 saturated heterocycles. The molecule has 0 radical (unpaired) electrons. The third kappa shape index (κ3) is 5.06. The minimum atomic E-state index is -5.24. The van der Waals surface area contributed by atoms with Crippen molar-refractivity contribution in [2.75, 3.05) is 23.3 Å². The number of rotatable bonds is 4. The second-order valence-electron chi connectivity index (χ2n) is 6.65. The highest BCUT2D eigenvalue weighted by Gasteiger charge is 2.45. The van der Waals surface area contributed by atoms with E-state index < -0.39 is 23.8 Å². The smallest absolute Gasteiger partial charge is 0.324 e. The van der Waals surface area contributed by atoms with Crippen LogP contribution in [-0.4, -0.2) is 36.1 Å². The van der Waals surface area contributed by atoms with Crippen LogP contribution in [0.15, 0.2) is 36.5 Å². The summed E-state index contributed by atoms with van der Waals surface area (Å²) in [5.41, 5.74) is -0.635. The summed E-state index contributed by atoms with van der Waals surface area (Å²) in [4.78, 5) is 28.8. The number of pyridine rings is 1. The molecule has 30 heavy (non-hydrogen) atoms. The number of carbonyl (C=O) groups excluding carboxylic acids is 2. The molecule has 1 aliphatic rings. The van der Waals surface area contributed by atoms with Gasteiger partial charge in [0.25, 0.3) is 0 Å². The molecular weight excluding hydrogens is 428 g/mol. The molecule has 0 saturated carbocycles. The molecule has 2 amide bonds. The van der Waals surface area contributed by atoms with Crippen LogP contribution in [0.1, 0.15) is 12.8 Å².